The smallest absolute Gasteiger partial charge is 0.269 e. The maximum atomic E-state index is 13.0. The molecule has 0 saturated carbocycles. The third-order valence-corrected chi connectivity index (χ3v) is 6.09. The topological polar surface area (TPSA) is 96.8 Å². The highest BCUT2D eigenvalue weighted by Gasteiger charge is 2.29. The highest BCUT2D eigenvalue weighted by Crippen LogP contribution is 2.25. The average Bonchev–Trinajstić information content (AvgIpc) is 3.20. The fourth-order valence-electron chi connectivity index (χ4n) is 3.82. The van der Waals surface area contributed by atoms with Crippen molar-refractivity contribution in [2.75, 3.05) is 5.75 Å². The monoisotopic (exact) mass is 398 g/mol. The first-order valence-corrected chi connectivity index (χ1v) is 10.4. The molecule has 1 amide bonds. The predicted molar refractivity (Wildman–Crippen MR) is 108 cm³/mol. The van der Waals surface area contributed by atoms with Crippen LogP contribution in [0.2, 0.25) is 0 Å². The molecule has 1 aromatic carbocycles. The molecule has 28 heavy (non-hydrogen) atoms. The lowest BCUT2D eigenvalue weighted by atomic mass is 9.98. The number of piperidine rings is 1. The zero-order chi connectivity index (χ0) is 19.7. The molecule has 3 aromatic rings. The van der Waals surface area contributed by atoms with Crippen molar-refractivity contribution >= 4 is 28.6 Å². The molecule has 1 aliphatic rings. The second-order valence-corrected chi connectivity index (χ2v) is 8.02. The van der Waals surface area contributed by atoms with Crippen molar-refractivity contribution < 1.29 is 4.79 Å². The molecular formula is C19H22N6O2S. The number of fused-ring (bicyclic) bond motifs is 1. The normalized spacial score (nSPS) is 19.9. The van der Waals surface area contributed by atoms with Gasteiger partial charge in [0.2, 0.25) is 11.9 Å². The first-order valence-electron chi connectivity index (χ1n) is 9.37. The minimum atomic E-state index is -0.239. The van der Waals surface area contributed by atoms with Gasteiger partial charge < -0.3 is 4.90 Å². The van der Waals surface area contributed by atoms with Gasteiger partial charge in [-0.1, -0.05) is 23.9 Å². The van der Waals surface area contributed by atoms with E-state index in [1.54, 1.807) is 18.2 Å². The zero-order valence-electron chi connectivity index (χ0n) is 15.8. The Hall–Kier alpha value is -2.68. The van der Waals surface area contributed by atoms with Crippen LogP contribution < -0.4 is 5.56 Å². The number of H-pyrrole nitrogens is 1. The quantitative estimate of drug-likeness (QED) is 0.535. The van der Waals surface area contributed by atoms with Gasteiger partial charge in [-0.05, 0) is 45.2 Å². The van der Waals surface area contributed by atoms with Gasteiger partial charge in [0, 0.05) is 12.1 Å². The van der Waals surface area contributed by atoms with Crippen molar-refractivity contribution in [2.24, 2.45) is 0 Å². The second kappa shape index (κ2) is 7.75. The first-order chi connectivity index (χ1) is 13.6. The summed E-state index contributed by atoms with van der Waals surface area (Å²) in [7, 11) is 0. The van der Waals surface area contributed by atoms with E-state index in [9.17, 15) is 9.59 Å². The number of hydrogen-bond acceptors (Lipinski definition) is 6. The summed E-state index contributed by atoms with van der Waals surface area (Å²) in [5, 5.41) is 7.47. The minimum Gasteiger partial charge on any atom is -0.337 e. The summed E-state index contributed by atoms with van der Waals surface area (Å²) >= 11 is 1.25. The van der Waals surface area contributed by atoms with Crippen LogP contribution in [-0.4, -0.2) is 53.4 Å². The van der Waals surface area contributed by atoms with E-state index in [0.29, 0.717) is 16.1 Å². The van der Waals surface area contributed by atoms with E-state index in [1.807, 2.05) is 11.0 Å². The van der Waals surface area contributed by atoms with Crippen molar-refractivity contribution in [3.8, 4) is 5.95 Å². The van der Waals surface area contributed by atoms with Crippen LogP contribution in [0.3, 0.4) is 0 Å². The van der Waals surface area contributed by atoms with Crippen molar-refractivity contribution in [1.82, 2.24) is 29.6 Å². The number of hydrogen-bond donors (Lipinski definition) is 1. The number of thioether (sulfide) groups is 1. The lowest BCUT2D eigenvalue weighted by molar-refractivity contribution is -0.134. The van der Waals surface area contributed by atoms with Gasteiger partial charge in [0.15, 0.2) is 5.16 Å². The maximum Gasteiger partial charge on any atom is 0.269 e. The zero-order valence-corrected chi connectivity index (χ0v) is 16.6. The van der Waals surface area contributed by atoms with Crippen LogP contribution in [0.5, 0.6) is 0 Å². The summed E-state index contributed by atoms with van der Waals surface area (Å²) < 4.78 is 1.39. The summed E-state index contributed by atoms with van der Waals surface area (Å²) in [5.41, 5.74) is 0.356. The number of nitrogens with zero attached hydrogens (tertiary/aromatic N) is 5. The lowest BCUT2D eigenvalue weighted by Gasteiger charge is -2.39. The molecule has 1 N–H and O–H groups in total. The summed E-state index contributed by atoms with van der Waals surface area (Å²) in [6.45, 7) is 4.19. The molecule has 4 rings (SSSR count). The van der Waals surface area contributed by atoms with E-state index >= 15 is 0 Å². The van der Waals surface area contributed by atoms with E-state index in [4.69, 9.17) is 0 Å². The van der Waals surface area contributed by atoms with E-state index < -0.39 is 0 Å². The minimum absolute atomic E-state index is 0.0660. The predicted octanol–water partition coefficient (Wildman–Crippen LogP) is 2.39. The first kappa shape index (κ1) is 18.7. The third-order valence-electron chi connectivity index (χ3n) is 5.17. The second-order valence-electron chi connectivity index (χ2n) is 7.08. The van der Waals surface area contributed by atoms with Crippen LogP contribution in [0.1, 0.15) is 33.1 Å². The summed E-state index contributed by atoms with van der Waals surface area (Å²) in [4.78, 5) is 36.6. The Morgan fingerprint density at radius 2 is 2.00 bits per heavy atom. The third kappa shape index (κ3) is 3.42. The van der Waals surface area contributed by atoms with E-state index in [1.165, 1.54) is 22.7 Å². The molecule has 0 aliphatic carbocycles. The Labute approximate surface area is 166 Å². The molecule has 1 fully saturated rings. The SMILES string of the molecule is C[C@@H]1CCC[C@@H](C)N1C(=O)CSc1nc2ccccc2c(=O)n1-c1ncn[nH]1. The Kier molecular flexibility index (Phi) is 5.17. The Morgan fingerprint density at radius 1 is 1.25 bits per heavy atom. The van der Waals surface area contributed by atoms with Gasteiger partial charge in [-0.15, -0.1) is 0 Å². The fourth-order valence-corrected chi connectivity index (χ4v) is 4.68. The number of aromatic nitrogens is 5. The van der Waals surface area contributed by atoms with Crippen LogP contribution in [0.4, 0.5) is 0 Å². The molecule has 1 saturated heterocycles. The number of carbonyl (C=O) groups excluding carboxylic acids is 1. The molecule has 0 radical (unpaired) electrons. The van der Waals surface area contributed by atoms with Crippen LogP contribution in [0.25, 0.3) is 16.9 Å². The van der Waals surface area contributed by atoms with Crippen molar-refractivity contribution in [2.45, 2.75) is 50.4 Å². The van der Waals surface area contributed by atoms with Gasteiger partial charge in [0.25, 0.3) is 5.56 Å². The molecule has 2 aromatic heterocycles. The largest absolute Gasteiger partial charge is 0.337 e. The molecule has 0 bridgehead atoms. The molecular weight excluding hydrogens is 376 g/mol. The number of carbonyl (C=O) groups is 1. The highest BCUT2D eigenvalue weighted by molar-refractivity contribution is 7.99. The van der Waals surface area contributed by atoms with E-state index in [0.717, 1.165) is 19.3 Å². The van der Waals surface area contributed by atoms with Gasteiger partial charge in [-0.3, -0.25) is 9.59 Å². The van der Waals surface area contributed by atoms with Crippen LogP contribution in [-0.2, 0) is 4.79 Å². The molecule has 2 atom stereocenters. The average molecular weight is 398 g/mol. The van der Waals surface area contributed by atoms with Gasteiger partial charge >= 0.3 is 0 Å². The standard InChI is InChI=1S/C19H22N6O2S/c1-12-6-5-7-13(2)24(12)16(26)10-28-19-22-15-9-4-3-8-14(15)17(27)25(19)18-20-11-21-23-18/h3-4,8-9,11-13H,5-7,10H2,1-2H3,(H,20,21,23)/t12-,13-/m1/s1. The molecule has 8 nitrogen and oxygen atoms in total. The number of nitrogens with one attached hydrogen (secondary N) is 1. The maximum absolute atomic E-state index is 13.0. The van der Waals surface area contributed by atoms with Crippen LogP contribution in [0, 0.1) is 0 Å². The van der Waals surface area contributed by atoms with Crippen molar-refractivity contribution in [3.05, 3.63) is 40.9 Å². The fraction of sp³-hybridized carbons (Fsp3) is 0.421. The summed E-state index contributed by atoms with van der Waals surface area (Å²) in [6, 6.07) is 7.63. The van der Waals surface area contributed by atoms with Gasteiger partial charge in [0.05, 0.1) is 16.7 Å². The number of benzene rings is 1. The van der Waals surface area contributed by atoms with Gasteiger partial charge in [-0.2, -0.15) is 10.1 Å². The molecule has 0 unspecified atom stereocenters. The lowest BCUT2D eigenvalue weighted by Crippen LogP contribution is -2.48. The number of para-hydroxylation sites is 1. The van der Waals surface area contributed by atoms with Crippen LogP contribution >= 0.6 is 11.8 Å². The molecule has 9 heteroatoms. The Bertz CT molecular complexity index is 1040. The van der Waals surface area contributed by atoms with Crippen molar-refractivity contribution in [3.63, 3.8) is 0 Å². The molecule has 146 valence electrons. The van der Waals surface area contributed by atoms with Crippen molar-refractivity contribution in [1.29, 1.82) is 0 Å². The number of likely N-dealkylation sites (tertiary alicyclic amines) is 1. The Morgan fingerprint density at radius 3 is 2.71 bits per heavy atom. The molecule has 3 heterocycles. The number of aromatic amines is 1. The summed E-state index contributed by atoms with van der Waals surface area (Å²) in [6.07, 6.45) is 4.54. The number of amides is 1. The van der Waals surface area contributed by atoms with Gasteiger partial charge in [-0.25, -0.2) is 14.6 Å². The summed E-state index contributed by atoms with van der Waals surface area (Å²) in [5.74, 6) is 0.572. The molecule has 1 aliphatic heterocycles. The van der Waals surface area contributed by atoms with E-state index in [2.05, 4.69) is 34.0 Å². The highest BCUT2D eigenvalue weighted by atomic mass is 32.2. The Balaban J connectivity index is 1.67. The van der Waals surface area contributed by atoms with Crippen LogP contribution in [0.15, 0.2) is 40.5 Å². The molecule has 0 spiro atoms. The number of rotatable bonds is 4. The van der Waals surface area contributed by atoms with Gasteiger partial charge in [0.1, 0.15) is 6.33 Å². The van der Waals surface area contributed by atoms with E-state index in [-0.39, 0.29) is 35.3 Å².